The Morgan fingerprint density at radius 2 is 1.73 bits per heavy atom. The zero-order valence-electron chi connectivity index (χ0n) is 10.9. The summed E-state index contributed by atoms with van der Waals surface area (Å²) < 4.78 is 5.43. The maximum absolute atomic E-state index is 11.0. The second-order valence-corrected chi connectivity index (χ2v) is 6.39. The van der Waals surface area contributed by atoms with Gasteiger partial charge in [-0.2, -0.15) is 0 Å². The highest BCUT2D eigenvalue weighted by Crippen LogP contribution is 2.50. The third kappa shape index (κ3) is 2.73. The maximum Gasteiger partial charge on any atom is 0.302 e. The summed E-state index contributed by atoms with van der Waals surface area (Å²) in [5.74, 6) is 0.454. The second kappa shape index (κ2) is 3.80. The van der Waals surface area contributed by atoms with Crippen LogP contribution in [0.2, 0.25) is 0 Å². The van der Waals surface area contributed by atoms with Gasteiger partial charge in [-0.1, -0.05) is 34.6 Å². The van der Waals surface area contributed by atoms with Crippen molar-refractivity contribution < 1.29 is 9.53 Å². The number of hydrogen-bond donors (Lipinski definition) is 0. The lowest BCUT2D eigenvalue weighted by molar-refractivity contribution is -0.162. The molecule has 0 amide bonds. The number of esters is 1. The average Bonchev–Trinajstić information content (AvgIpc) is 1.97. The molecule has 0 spiro atoms. The quantitative estimate of drug-likeness (QED) is 0.623. The molecule has 0 aromatic heterocycles. The number of hydrogen-bond acceptors (Lipinski definition) is 2. The van der Waals surface area contributed by atoms with E-state index in [1.165, 1.54) is 6.92 Å². The number of rotatable bonds is 1. The van der Waals surface area contributed by atoms with Gasteiger partial charge in [-0.05, 0) is 24.2 Å². The Morgan fingerprint density at radius 1 is 1.20 bits per heavy atom. The Hall–Kier alpha value is -0.530. The second-order valence-electron chi connectivity index (χ2n) is 6.39. The summed E-state index contributed by atoms with van der Waals surface area (Å²) in [7, 11) is 0. The van der Waals surface area contributed by atoms with Crippen LogP contribution in [0.3, 0.4) is 0 Å². The molecule has 0 bridgehead atoms. The van der Waals surface area contributed by atoms with Crippen LogP contribution < -0.4 is 0 Å². The molecule has 0 heterocycles. The van der Waals surface area contributed by atoms with Crippen molar-refractivity contribution in [3.63, 3.8) is 0 Å². The lowest BCUT2D eigenvalue weighted by Gasteiger charge is -2.49. The Labute approximate surface area is 93.4 Å². The molecule has 88 valence electrons. The van der Waals surface area contributed by atoms with Crippen molar-refractivity contribution >= 4 is 5.97 Å². The highest BCUT2D eigenvalue weighted by atomic mass is 16.5. The van der Waals surface area contributed by atoms with E-state index < -0.39 is 0 Å². The van der Waals surface area contributed by atoms with Gasteiger partial charge in [0, 0.05) is 12.3 Å². The molecule has 0 aliphatic heterocycles. The van der Waals surface area contributed by atoms with Crippen molar-refractivity contribution in [1.82, 2.24) is 0 Å². The fraction of sp³-hybridized carbons (Fsp3) is 0.923. The van der Waals surface area contributed by atoms with E-state index in [0.717, 1.165) is 12.8 Å². The molecule has 15 heavy (non-hydrogen) atoms. The lowest BCUT2D eigenvalue weighted by atomic mass is 9.59. The van der Waals surface area contributed by atoms with Crippen molar-refractivity contribution in [2.75, 3.05) is 0 Å². The monoisotopic (exact) mass is 212 g/mol. The fourth-order valence-electron chi connectivity index (χ4n) is 2.83. The van der Waals surface area contributed by atoms with E-state index in [-0.39, 0.29) is 17.5 Å². The third-order valence-electron chi connectivity index (χ3n) is 3.99. The SMILES string of the molecule is CC(=O)OC1CC(C)C(C)(C)CC1(C)C. The number of carbonyl (C=O) groups is 1. The summed E-state index contributed by atoms with van der Waals surface area (Å²) in [5.41, 5.74) is 0.446. The largest absolute Gasteiger partial charge is 0.462 e. The van der Waals surface area contributed by atoms with Crippen LogP contribution in [-0.4, -0.2) is 12.1 Å². The normalized spacial score (nSPS) is 33.5. The number of ether oxygens (including phenoxy) is 1. The highest BCUT2D eigenvalue weighted by Gasteiger charge is 2.45. The summed E-state index contributed by atoms with van der Waals surface area (Å²) in [6, 6.07) is 0. The predicted molar refractivity (Wildman–Crippen MR) is 61.5 cm³/mol. The average molecular weight is 212 g/mol. The smallest absolute Gasteiger partial charge is 0.302 e. The molecule has 2 atom stereocenters. The minimum absolute atomic E-state index is 0.0815. The highest BCUT2D eigenvalue weighted by molar-refractivity contribution is 5.66. The van der Waals surface area contributed by atoms with Gasteiger partial charge in [0.25, 0.3) is 0 Å². The molecule has 1 aliphatic rings. The van der Waals surface area contributed by atoms with Gasteiger partial charge in [0.05, 0.1) is 0 Å². The lowest BCUT2D eigenvalue weighted by Crippen LogP contribution is -2.46. The molecule has 1 fully saturated rings. The van der Waals surface area contributed by atoms with Crippen molar-refractivity contribution in [3.05, 3.63) is 0 Å². The van der Waals surface area contributed by atoms with Crippen molar-refractivity contribution in [1.29, 1.82) is 0 Å². The van der Waals surface area contributed by atoms with Crippen LogP contribution in [0.5, 0.6) is 0 Å². The van der Waals surface area contributed by atoms with E-state index in [2.05, 4.69) is 34.6 Å². The van der Waals surface area contributed by atoms with E-state index in [1.54, 1.807) is 0 Å². The molecular formula is C13H24O2. The van der Waals surface area contributed by atoms with Gasteiger partial charge in [-0.25, -0.2) is 0 Å². The molecule has 1 saturated carbocycles. The Morgan fingerprint density at radius 3 is 2.20 bits per heavy atom. The molecule has 2 heteroatoms. The van der Waals surface area contributed by atoms with E-state index in [4.69, 9.17) is 4.74 Å². The van der Waals surface area contributed by atoms with Crippen LogP contribution in [0.1, 0.15) is 54.4 Å². The summed E-state index contributed by atoms with van der Waals surface area (Å²) in [4.78, 5) is 11.0. The summed E-state index contributed by atoms with van der Waals surface area (Å²) in [6.45, 7) is 12.8. The first-order chi connectivity index (χ1) is 6.65. The first-order valence-electron chi connectivity index (χ1n) is 5.82. The van der Waals surface area contributed by atoms with E-state index >= 15 is 0 Å². The van der Waals surface area contributed by atoms with Gasteiger partial charge < -0.3 is 4.74 Å². The van der Waals surface area contributed by atoms with Gasteiger partial charge >= 0.3 is 5.97 Å². The molecular weight excluding hydrogens is 188 g/mol. The van der Waals surface area contributed by atoms with Crippen molar-refractivity contribution in [3.8, 4) is 0 Å². The van der Waals surface area contributed by atoms with Gasteiger partial charge in [0.1, 0.15) is 6.10 Å². The minimum atomic E-state index is -0.153. The van der Waals surface area contributed by atoms with E-state index in [0.29, 0.717) is 11.3 Å². The van der Waals surface area contributed by atoms with Crippen LogP contribution in [0.15, 0.2) is 0 Å². The van der Waals surface area contributed by atoms with Crippen molar-refractivity contribution in [2.45, 2.75) is 60.5 Å². The van der Waals surface area contributed by atoms with E-state index in [9.17, 15) is 4.79 Å². The molecule has 2 nitrogen and oxygen atoms in total. The molecule has 2 unspecified atom stereocenters. The van der Waals surface area contributed by atoms with Crippen LogP contribution in [-0.2, 0) is 9.53 Å². The number of carbonyl (C=O) groups excluding carboxylic acids is 1. The van der Waals surface area contributed by atoms with Crippen LogP contribution in [0.25, 0.3) is 0 Å². The Kier molecular flexibility index (Phi) is 3.18. The molecule has 0 aromatic rings. The summed E-state index contributed by atoms with van der Waals surface area (Å²) in [6.07, 6.45) is 2.18. The molecule has 1 aliphatic carbocycles. The molecule has 1 rings (SSSR count). The summed E-state index contributed by atoms with van der Waals surface area (Å²) in [5, 5.41) is 0. The fourth-order valence-corrected chi connectivity index (χ4v) is 2.83. The minimum Gasteiger partial charge on any atom is -0.462 e. The maximum atomic E-state index is 11.0. The predicted octanol–water partition coefficient (Wildman–Crippen LogP) is 3.40. The zero-order chi connectivity index (χ0) is 11.9. The Balaban J connectivity index is 2.80. The van der Waals surface area contributed by atoms with Crippen LogP contribution in [0, 0.1) is 16.7 Å². The van der Waals surface area contributed by atoms with Crippen molar-refractivity contribution in [2.24, 2.45) is 16.7 Å². The van der Waals surface area contributed by atoms with Gasteiger partial charge in [0.15, 0.2) is 0 Å². The van der Waals surface area contributed by atoms with Crippen LogP contribution in [0.4, 0.5) is 0 Å². The molecule has 0 N–H and O–H groups in total. The van der Waals surface area contributed by atoms with E-state index in [1.807, 2.05) is 0 Å². The van der Waals surface area contributed by atoms with Gasteiger partial charge in [-0.3, -0.25) is 4.79 Å². The van der Waals surface area contributed by atoms with Crippen LogP contribution >= 0.6 is 0 Å². The molecule has 0 aromatic carbocycles. The Bertz CT molecular complexity index is 253. The van der Waals surface area contributed by atoms with Gasteiger partial charge in [-0.15, -0.1) is 0 Å². The standard InChI is InChI=1S/C13H24O2/c1-9-7-11(15-10(2)14)13(5,6)8-12(9,3)4/h9,11H,7-8H2,1-6H3. The summed E-state index contributed by atoms with van der Waals surface area (Å²) >= 11 is 0. The molecule has 0 saturated heterocycles. The first-order valence-corrected chi connectivity index (χ1v) is 5.82. The zero-order valence-corrected chi connectivity index (χ0v) is 10.9. The third-order valence-corrected chi connectivity index (χ3v) is 3.99. The first kappa shape index (κ1) is 12.5. The topological polar surface area (TPSA) is 26.3 Å². The molecule has 0 radical (unpaired) electrons. The van der Waals surface area contributed by atoms with Gasteiger partial charge in [0.2, 0.25) is 0 Å².